The minimum Gasteiger partial charge on any atom is 2.00 e. The molecule has 0 aliphatic heterocycles. The molecule has 10 rings (SSSR count). The van der Waals surface area contributed by atoms with Crippen LogP contribution in [0.25, 0.3) is 0 Å². The van der Waals surface area contributed by atoms with Crippen LogP contribution in [0.4, 0.5) is 36.6 Å². The van der Waals surface area contributed by atoms with E-state index in [-0.39, 0.29) is 17.1 Å². The molecule has 0 amide bonds. The number of benzene rings is 10. The second-order valence-corrected chi connectivity index (χ2v) is 31.6. The summed E-state index contributed by atoms with van der Waals surface area (Å²) in [5.74, 6) is -1.08. The molecular formula is C64H61F6FeN2O2P5S2+4. The molecule has 0 N–H and O–H groups in total. The van der Waals surface area contributed by atoms with Gasteiger partial charge in [-0.05, 0) is 165 Å². The van der Waals surface area contributed by atoms with E-state index in [0.717, 1.165) is 6.92 Å². The van der Waals surface area contributed by atoms with E-state index >= 15 is 0 Å². The molecule has 0 bridgehead atoms. The fraction of sp³-hybridized carbons (Fsp3) is 0.0469. The van der Waals surface area contributed by atoms with Crippen molar-refractivity contribution in [3.05, 3.63) is 291 Å². The van der Waals surface area contributed by atoms with Gasteiger partial charge in [0.15, 0.2) is 32.3 Å². The zero-order valence-corrected chi connectivity index (χ0v) is 52.4. The van der Waals surface area contributed by atoms with Crippen LogP contribution in [-0.2, 0) is 21.9 Å². The quantitative estimate of drug-likeness (QED) is 0.0416. The van der Waals surface area contributed by atoms with Crippen molar-refractivity contribution in [1.29, 1.82) is 0 Å². The van der Waals surface area contributed by atoms with Crippen LogP contribution in [0.5, 0.6) is 0 Å². The summed E-state index contributed by atoms with van der Waals surface area (Å²) in [5, 5.41) is 20.1. The number of nitrogens with zero attached hydrogens (tertiary/aromatic N) is 2. The van der Waals surface area contributed by atoms with E-state index in [1.807, 2.05) is 0 Å². The number of hydrogen-bond acceptors (Lipinski definition) is 6. The van der Waals surface area contributed by atoms with Gasteiger partial charge in [-0.2, -0.15) is 0 Å². The molecule has 0 radical (unpaired) electrons. The predicted octanol–water partition coefficient (Wildman–Crippen LogP) is 15.7. The van der Waals surface area contributed by atoms with Crippen LogP contribution in [0.2, 0.25) is 0 Å². The number of thioether (sulfide) groups is 2. The maximum absolute atomic E-state index is 10.7. The van der Waals surface area contributed by atoms with Crippen LogP contribution in [0.1, 0.15) is 6.92 Å². The van der Waals surface area contributed by atoms with E-state index in [4.69, 9.17) is 9.90 Å². The van der Waals surface area contributed by atoms with Crippen molar-refractivity contribution in [2.24, 2.45) is 0 Å². The maximum atomic E-state index is 9.87. The third kappa shape index (κ3) is 20.8. The molecule has 0 spiro atoms. The van der Waals surface area contributed by atoms with Gasteiger partial charge in [0.25, 0.3) is 0 Å². The summed E-state index contributed by atoms with van der Waals surface area (Å²) in [5.41, 5.74) is 2.57. The van der Waals surface area contributed by atoms with Gasteiger partial charge in [-0.3, -0.25) is 0 Å². The third-order valence-electron chi connectivity index (χ3n) is 11.9. The molecule has 0 saturated heterocycles. The van der Waals surface area contributed by atoms with Gasteiger partial charge in [0, 0.05) is 15.8 Å². The fourth-order valence-corrected chi connectivity index (χ4v) is 23.5. The van der Waals surface area contributed by atoms with Crippen LogP contribution < -0.4 is 56.4 Å². The molecule has 82 heavy (non-hydrogen) atoms. The van der Waals surface area contributed by atoms with Crippen molar-refractivity contribution in [3.8, 4) is 0 Å². The second kappa shape index (κ2) is 30.7. The molecule has 422 valence electrons. The van der Waals surface area contributed by atoms with Crippen LogP contribution in [0, 0.1) is 0 Å². The number of halogens is 6. The normalized spacial score (nSPS) is 11.7. The van der Waals surface area contributed by atoms with E-state index in [2.05, 4.69) is 313 Å². The number of hydrogen-bond donors (Lipinski definition) is 0. The number of carboxylic acid groups (broad SMARTS) is 1. The summed E-state index contributed by atoms with van der Waals surface area (Å²) in [6.07, 6.45) is 4.28. The van der Waals surface area contributed by atoms with Crippen molar-refractivity contribution in [2.75, 3.05) is 21.4 Å². The summed E-state index contributed by atoms with van der Waals surface area (Å²) in [6.45, 7) is 0.972. The van der Waals surface area contributed by atoms with Crippen LogP contribution >= 0.6 is 63.6 Å². The second-order valence-electron chi connectivity index (χ2n) is 17.8. The fourth-order valence-electron chi connectivity index (χ4n) is 8.67. The van der Waals surface area contributed by atoms with Crippen molar-refractivity contribution in [1.82, 2.24) is 0 Å². The van der Waals surface area contributed by atoms with E-state index in [1.54, 1.807) is 23.5 Å². The SMILES string of the molecule is CC(=O)[O-].CSc1ccc(N([PH+](c2ccccc2)c2ccccc2)[PH+](c2ccccc2)c2ccccc2)cc1.CSc1ccc(N([PH+](c2ccccc2)c2ccccc2)[PH+](c2ccccc2)c2ccccc2)cc1.F[P-](F)(F)(F)(F)F.[Fe+2]. The van der Waals surface area contributed by atoms with Crippen LogP contribution in [0.15, 0.2) is 301 Å². The number of carboxylic acids is 1. The molecule has 0 fully saturated rings. The zero-order valence-electron chi connectivity index (χ0n) is 44.8. The molecule has 0 aromatic heterocycles. The van der Waals surface area contributed by atoms with Crippen molar-refractivity contribution >= 4 is 123 Å². The summed E-state index contributed by atoms with van der Waals surface area (Å²) in [6, 6.07) is 107. The molecule has 0 aliphatic carbocycles. The first-order valence-electron chi connectivity index (χ1n) is 25.4. The summed E-state index contributed by atoms with van der Waals surface area (Å²) in [4.78, 5) is 11.5. The van der Waals surface area contributed by atoms with Gasteiger partial charge in [0.05, 0.1) is 0 Å². The summed E-state index contributed by atoms with van der Waals surface area (Å²) < 4.78 is 64.8. The average molecular weight is 1280 g/mol. The standard InChI is InChI=1S/2C31H27NP2S.C2H4O2.F6P.Fe/c2*1-35-31-24-22-26(23-25-31)32(33(27-14-6-2-7-15-27)28-16-8-3-9-17-28)34(29-18-10-4-11-19-29)30-20-12-5-13-21-30;1-2(3)4;1-7(2,3,4,5)6;/h2*2-25H,1H3;1H3,(H,3,4);;/q;;;-1;+2/p+3. The molecule has 4 nitrogen and oxygen atoms in total. The summed E-state index contributed by atoms with van der Waals surface area (Å²) >= 11 is 3.58. The largest absolute Gasteiger partial charge is 2.00 e. The van der Waals surface area contributed by atoms with Gasteiger partial charge in [0.1, 0.15) is 53.8 Å². The van der Waals surface area contributed by atoms with Gasteiger partial charge in [-0.25, -0.2) is 0 Å². The minimum absolute atomic E-state index is 0. The molecule has 18 heteroatoms. The van der Waals surface area contributed by atoms with E-state index in [9.17, 15) is 25.2 Å². The first-order chi connectivity index (χ1) is 38.9. The Morgan fingerprint density at radius 1 is 0.329 bits per heavy atom. The Balaban J connectivity index is 0.000000221. The first-order valence-corrected chi connectivity index (χ1v) is 35.7. The van der Waals surface area contributed by atoms with E-state index in [1.165, 1.54) is 63.6 Å². The minimum atomic E-state index is -10.7. The molecule has 0 unspecified atom stereocenters. The Labute approximate surface area is 501 Å². The Hall–Kier alpha value is -5.78. The molecule has 0 heterocycles. The molecular weight excluding hydrogens is 1220 g/mol. The topological polar surface area (TPSA) is 46.6 Å². The summed E-state index contributed by atoms with van der Waals surface area (Å²) in [7, 11) is -16.0. The molecule has 0 aliphatic rings. The number of carbonyl (C=O) groups excluding carboxylic acids is 1. The maximum Gasteiger partial charge on any atom is 2.00 e. The van der Waals surface area contributed by atoms with E-state index in [0.29, 0.717) is 0 Å². The first kappa shape index (κ1) is 65.4. The number of anilines is 2. The van der Waals surface area contributed by atoms with Crippen molar-refractivity contribution in [2.45, 2.75) is 16.7 Å². The molecule has 10 aromatic carbocycles. The van der Waals surface area contributed by atoms with Gasteiger partial charge >= 0.3 is 50.1 Å². The van der Waals surface area contributed by atoms with Gasteiger partial charge < -0.3 is 9.90 Å². The third-order valence-corrected chi connectivity index (χ3v) is 26.0. The monoisotopic (exact) mass is 1280 g/mol. The Bertz CT molecular complexity index is 2900. The number of aliphatic carboxylic acids is 1. The molecule has 10 aromatic rings. The van der Waals surface area contributed by atoms with E-state index < -0.39 is 46.1 Å². The average Bonchev–Trinajstić information content (AvgIpc) is 3.50. The van der Waals surface area contributed by atoms with Crippen molar-refractivity contribution < 1.29 is 52.2 Å². The predicted molar refractivity (Wildman–Crippen MR) is 348 cm³/mol. The van der Waals surface area contributed by atoms with Gasteiger partial charge in [0.2, 0.25) is 0 Å². The van der Waals surface area contributed by atoms with Crippen LogP contribution in [-0.4, -0.2) is 18.5 Å². The van der Waals surface area contributed by atoms with Gasteiger partial charge in [-0.15, -0.1) is 32.4 Å². The smallest absolute Gasteiger partial charge is 2.00 e. The number of rotatable bonds is 16. The van der Waals surface area contributed by atoms with Gasteiger partial charge in [-0.1, -0.05) is 146 Å². The Morgan fingerprint density at radius 3 is 0.585 bits per heavy atom. The molecule has 0 saturated carbocycles. The zero-order chi connectivity index (χ0) is 57.7. The number of carbonyl (C=O) groups is 1. The Kier molecular flexibility index (Phi) is 24.5. The van der Waals surface area contributed by atoms with Crippen molar-refractivity contribution in [3.63, 3.8) is 0 Å². The Morgan fingerprint density at radius 2 is 0.463 bits per heavy atom. The van der Waals surface area contributed by atoms with Crippen LogP contribution in [0.3, 0.4) is 0 Å². The molecule has 0 atom stereocenters.